The zero-order valence-corrected chi connectivity index (χ0v) is 9.31. The van der Waals surface area contributed by atoms with E-state index in [9.17, 15) is 14.4 Å². The molecule has 0 atom stereocenters. The van der Waals surface area contributed by atoms with E-state index in [2.05, 4.69) is 0 Å². The van der Waals surface area contributed by atoms with E-state index in [1.165, 1.54) is 4.90 Å². The Morgan fingerprint density at radius 2 is 1.44 bits per heavy atom. The molecule has 0 aromatic rings. The smallest absolute Gasteiger partial charge is 0.312 e. The Morgan fingerprint density at radius 3 is 1.81 bits per heavy atom. The summed E-state index contributed by atoms with van der Waals surface area (Å²) in [5.74, 6) is -1.42. The Hall–Kier alpha value is -1.59. The maximum Gasteiger partial charge on any atom is 0.312 e. The highest BCUT2D eigenvalue weighted by atomic mass is 16.4. The monoisotopic (exact) mass is 228 g/mol. The SMILES string of the molecule is CCC(=O)N1CCN(C(=O)CC(=O)O)CC1. The zero-order valence-electron chi connectivity index (χ0n) is 9.31. The molecule has 2 amide bonds. The predicted molar refractivity (Wildman–Crippen MR) is 55.7 cm³/mol. The van der Waals surface area contributed by atoms with E-state index in [-0.39, 0.29) is 11.8 Å². The van der Waals surface area contributed by atoms with Gasteiger partial charge in [-0.1, -0.05) is 6.92 Å². The van der Waals surface area contributed by atoms with Gasteiger partial charge in [0.15, 0.2) is 0 Å². The highest BCUT2D eigenvalue weighted by Crippen LogP contribution is 2.05. The van der Waals surface area contributed by atoms with Gasteiger partial charge in [0.05, 0.1) is 0 Å². The minimum absolute atomic E-state index is 0.0744. The number of rotatable bonds is 3. The van der Waals surface area contributed by atoms with E-state index >= 15 is 0 Å². The fraction of sp³-hybridized carbons (Fsp3) is 0.700. The summed E-state index contributed by atoms with van der Waals surface area (Å²) in [7, 11) is 0. The first-order valence-corrected chi connectivity index (χ1v) is 5.32. The van der Waals surface area contributed by atoms with Crippen molar-refractivity contribution in [2.75, 3.05) is 26.2 Å². The summed E-state index contributed by atoms with van der Waals surface area (Å²) < 4.78 is 0. The van der Waals surface area contributed by atoms with Gasteiger partial charge in [0.2, 0.25) is 11.8 Å². The van der Waals surface area contributed by atoms with E-state index in [4.69, 9.17) is 5.11 Å². The molecular weight excluding hydrogens is 212 g/mol. The first kappa shape index (κ1) is 12.5. The molecule has 1 aliphatic rings. The fourth-order valence-electron chi connectivity index (χ4n) is 1.67. The van der Waals surface area contributed by atoms with Crippen LogP contribution in [-0.2, 0) is 14.4 Å². The number of carbonyl (C=O) groups is 3. The normalized spacial score (nSPS) is 16.1. The standard InChI is InChI=1S/C10H16N2O4/c1-2-8(13)11-3-5-12(6-4-11)9(14)7-10(15)16/h2-7H2,1H3,(H,15,16). The second-order valence-corrected chi connectivity index (χ2v) is 3.69. The lowest BCUT2D eigenvalue weighted by Gasteiger charge is -2.34. The highest BCUT2D eigenvalue weighted by Gasteiger charge is 2.24. The minimum Gasteiger partial charge on any atom is -0.481 e. The number of hydrogen-bond acceptors (Lipinski definition) is 3. The van der Waals surface area contributed by atoms with Crippen molar-refractivity contribution in [1.29, 1.82) is 0 Å². The number of amides is 2. The van der Waals surface area contributed by atoms with Crippen LogP contribution < -0.4 is 0 Å². The summed E-state index contributed by atoms with van der Waals surface area (Å²) in [4.78, 5) is 36.3. The molecule has 0 aliphatic carbocycles. The molecule has 0 unspecified atom stereocenters. The average molecular weight is 228 g/mol. The lowest BCUT2D eigenvalue weighted by molar-refractivity contribution is -0.146. The molecule has 16 heavy (non-hydrogen) atoms. The number of hydrogen-bond donors (Lipinski definition) is 1. The lowest BCUT2D eigenvalue weighted by atomic mass is 10.2. The molecule has 0 radical (unpaired) electrons. The van der Waals surface area contributed by atoms with Gasteiger partial charge in [-0.2, -0.15) is 0 Å². The Morgan fingerprint density at radius 1 is 1.00 bits per heavy atom. The Kier molecular flexibility index (Phi) is 4.28. The van der Waals surface area contributed by atoms with Gasteiger partial charge in [-0.3, -0.25) is 14.4 Å². The zero-order chi connectivity index (χ0) is 12.1. The third-order valence-electron chi connectivity index (χ3n) is 2.59. The van der Waals surface area contributed by atoms with Crippen molar-refractivity contribution >= 4 is 17.8 Å². The van der Waals surface area contributed by atoms with E-state index < -0.39 is 12.4 Å². The van der Waals surface area contributed by atoms with Crippen molar-refractivity contribution < 1.29 is 19.5 Å². The quantitative estimate of drug-likeness (QED) is 0.663. The molecule has 90 valence electrons. The molecule has 6 nitrogen and oxygen atoms in total. The molecule has 1 N–H and O–H groups in total. The topological polar surface area (TPSA) is 77.9 Å². The van der Waals surface area contributed by atoms with Crippen LogP contribution in [0.15, 0.2) is 0 Å². The molecule has 6 heteroatoms. The first-order valence-electron chi connectivity index (χ1n) is 5.32. The molecule has 0 spiro atoms. The largest absolute Gasteiger partial charge is 0.481 e. The van der Waals surface area contributed by atoms with Gasteiger partial charge in [-0.15, -0.1) is 0 Å². The van der Waals surface area contributed by atoms with Crippen LogP contribution in [0.4, 0.5) is 0 Å². The third kappa shape index (κ3) is 3.22. The van der Waals surface area contributed by atoms with Crippen LogP contribution in [0.5, 0.6) is 0 Å². The Labute approximate surface area is 93.8 Å². The van der Waals surface area contributed by atoms with Crippen LogP contribution in [0.3, 0.4) is 0 Å². The van der Waals surface area contributed by atoms with Crippen molar-refractivity contribution in [2.45, 2.75) is 19.8 Å². The lowest BCUT2D eigenvalue weighted by Crippen LogP contribution is -2.50. The number of piperazine rings is 1. The molecule has 1 rings (SSSR count). The summed E-state index contributed by atoms with van der Waals surface area (Å²) in [5.41, 5.74) is 0. The summed E-state index contributed by atoms with van der Waals surface area (Å²) >= 11 is 0. The maximum atomic E-state index is 11.4. The van der Waals surface area contributed by atoms with Crippen LogP contribution in [-0.4, -0.2) is 58.9 Å². The van der Waals surface area contributed by atoms with Crippen LogP contribution >= 0.6 is 0 Å². The third-order valence-corrected chi connectivity index (χ3v) is 2.59. The number of carbonyl (C=O) groups excluding carboxylic acids is 2. The minimum atomic E-state index is -1.11. The molecule has 0 bridgehead atoms. The molecule has 1 aliphatic heterocycles. The maximum absolute atomic E-state index is 11.4. The van der Waals surface area contributed by atoms with Gasteiger partial charge in [0.25, 0.3) is 0 Å². The molecule has 0 aromatic heterocycles. The number of carboxylic acid groups (broad SMARTS) is 1. The molecule has 1 saturated heterocycles. The Balaban J connectivity index is 2.40. The van der Waals surface area contributed by atoms with Gasteiger partial charge >= 0.3 is 5.97 Å². The first-order chi connectivity index (χ1) is 7.54. The second-order valence-electron chi connectivity index (χ2n) is 3.69. The van der Waals surface area contributed by atoms with Gasteiger partial charge < -0.3 is 14.9 Å². The molecule has 1 heterocycles. The highest BCUT2D eigenvalue weighted by molar-refractivity contribution is 5.93. The summed E-state index contributed by atoms with van der Waals surface area (Å²) in [6.45, 7) is 3.65. The Bertz CT molecular complexity index is 295. The van der Waals surface area contributed by atoms with Gasteiger partial charge in [-0.25, -0.2) is 0 Å². The molecular formula is C10H16N2O4. The van der Waals surface area contributed by atoms with Crippen LogP contribution in [0.1, 0.15) is 19.8 Å². The summed E-state index contributed by atoms with van der Waals surface area (Å²) in [6.07, 6.45) is -0.00913. The van der Waals surface area contributed by atoms with Crippen molar-refractivity contribution in [3.05, 3.63) is 0 Å². The van der Waals surface area contributed by atoms with Crippen molar-refractivity contribution in [3.8, 4) is 0 Å². The summed E-state index contributed by atoms with van der Waals surface area (Å²) in [6, 6.07) is 0. The van der Waals surface area contributed by atoms with E-state index in [1.54, 1.807) is 11.8 Å². The van der Waals surface area contributed by atoms with Crippen LogP contribution in [0.25, 0.3) is 0 Å². The molecule has 0 saturated carbocycles. The van der Waals surface area contributed by atoms with E-state index in [0.717, 1.165) is 0 Å². The number of carboxylic acids is 1. The second kappa shape index (κ2) is 5.48. The van der Waals surface area contributed by atoms with Gasteiger partial charge in [-0.05, 0) is 0 Å². The summed E-state index contributed by atoms with van der Waals surface area (Å²) in [5, 5.41) is 8.48. The average Bonchev–Trinajstić information content (AvgIpc) is 2.27. The number of nitrogens with zero attached hydrogens (tertiary/aromatic N) is 2. The predicted octanol–water partition coefficient (Wildman–Crippen LogP) is -0.458. The van der Waals surface area contributed by atoms with Crippen molar-refractivity contribution in [2.24, 2.45) is 0 Å². The van der Waals surface area contributed by atoms with Gasteiger partial charge in [0.1, 0.15) is 6.42 Å². The molecule has 0 aromatic carbocycles. The van der Waals surface area contributed by atoms with Crippen LogP contribution in [0, 0.1) is 0 Å². The fourth-order valence-corrected chi connectivity index (χ4v) is 1.67. The van der Waals surface area contributed by atoms with Crippen LogP contribution in [0.2, 0.25) is 0 Å². The van der Waals surface area contributed by atoms with Gasteiger partial charge in [0, 0.05) is 32.6 Å². The molecule has 1 fully saturated rings. The van der Waals surface area contributed by atoms with Crippen molar-refractivity contribution in [3.63, 3.8) is 0 Å². The van der Waals surface area contributed by atoms with E-state index in [0.29, 0.717) is 32.6 Å². The van der Waals surface area contributed by atoms with E-state index in [1.807, 2.05) is 0 Å². The van der Waals surface area contributed by atoms with Crippen molar-refractivity contribution in [1.82, 2.24) is 9.80 Å². The number of aliphatic carboxylic acids is 1.